The van der Waals surface area contributed by atoms with Gasteiger partial charge in [-0.2, -0.15) is 0 Å². The Balaban J connectivity index is 2.91. The van der Waals surface area contributed by atoms with E-state index in [2.05, 4.69) is 0 Å². The Morgan fingerprint density at radius 1 is 1.58 bits per heavy atom. The number of hydrogen-bond donors (Lipinski definition) is 1. The Morgan fingerprint density at radius 3 is 2.58 bits per heavy atom. The molecule has 1 rings (SSSR count). The van der Waals surface area contributed by atoms with Gasteiger partial charge in [-0.05, 0) is 6.92 Å². The van der Waals surface area contributed by atoms with Crippen molar-refractivity contribution in [2.75, 3.05) is 25.0 Å². The number of likely N-dealkylation sites (N-methyl/N-ethyl adjacent to an activating group) is 1. The molecule has 0 aromatic heterocycles. The predicted octanol–water partition coefficient (Wildman–Crippen LogP) is 0.355. The molecule has 0 saturated carbocycles. The maximum Gasteiger partial charge on any atom is 0.203 e. The second kappa shape index (κ2) is 3.33. The summed E-state index contributed by atoms with van der Waals surface area (Å²) in [5.41, 5.74) is 7.03. The van der Waals surface area contributed by atoms with Crippen LogP contribution in [0.5, 0.6) is 0 Å². The van der Waals surface area contributed by atoms with Crippen LogP contribution in [0.15, 0.2) is 4.79 Å². The molecular formula is C8H12N2OS. The normalized spacial score (nSPS) is 10.6. The molecule has 0 aliphatic heterocycles. The van der Waals surface area contributed by atoms with Gasteiger partial charge < -0.3 is 10.6 Å². The number of rotatable bonds is 3. The van der Waals surface area contributed by atoms with Crippen molar-refractivity contribution in [3.8, 4) is 0 Å². The molecule has 12 heavy (non-hydrogen) atoms. The Morgan fingerprint density at radius 2 is 2.17 bits per heavy atom. The third-order valence-electron chi connectivity index (χ3n) is 1.96. The number of anilines is 1. The lowest BCUT2D eigenvalue weighted by Gasteiger charge is -2.22. The number of hydrogen-bond acceptors (Lipinski definition) is 4. The van der Waals surface area contributed by atoms with Gasteiger partial charge in [0, 0.05) is 25.7 Å². The van der Waals surface area contributed by atoms with Crippen molar-refractivity contribution < 1.29 is 0 Å². The van der Waals surface area contributed by atoms with E-state index in [4.69, 9.17) is 18.0 Å². The van der Waals surface area contributed by atoms with Gasteiger partial charge in [0.25, 0.3) is 0 Å². The highest BCUT2D eigenvalue weighted by Crippen LogP contribution is 2.19. The molecule has 0 radical (unpaired) electrons. The summed E-state index contributed by atoms with van der Waals surface area (Å²) >= 11 is 4.91. The summed E-state index contributed by atoms with van der Waals surface area (Å²) < 4.78 is 0.448. The van der Waals surface area contributed by atoms with Gasteiger partial charge in [-0.1, -0.05) is 12.2 Å². The smallest absolute Gasteiger partial charge is 0.203 e. The lowest BCUT2D eigenvalue weighted by molar-refractivity contribution is 0.873. The molecule has 0 spiro atoms. The van der Waals surface area contributed by atoms with Crippen LogP contribution in [0.1, 0.15) is 5.56 Å². The minimum absolute atomic E-state index is 0.00358. The topological polar surface area (TPSA) is 46.3 Å². The minimum Gasteiger partial charge on any atom is -0.372 e. The van der Waals surface area contributed by atoms with Crippen molar-refractivity contribution >= 4 is 17.9 Å². The highest BCUT2D eigenvalue weighted by Gasteiger charge is 2.15. The number of nitrogens with zero attached hydrogens (tertiary/aromatic N) is 1. The van der Waals surface area contributed by atoms with Gasteiger partial charge in [0.15, 0.2) is 0 Å². The molecule has 0 heterocycles. The first-order valence-electron chi connectivity index (χ1n) is 3.80. The highest BCUT2D eigenvalue weighted by molar-refractivity contribution is 7.71. The van der Waals surface area contributed by atoms with Crippen molar-refractivity contribution in [1.82, 2.24) is 0 Å². The van der Waals surface area contributed by atoms with Crippen LogP contribution in [0.2, 0.25) is 0 Å². The van der Waals surface area contributed by atoms with Crippen molar-refractivity contribution in [2.24, 2.45) is 5.73 Å². The lowest BCUT2D eigenvalue weighted by Crippen LogP contribution is -2.31. The Labute approximate surface area is 76.5 Å². The number of nitrogens with two attached hydrogens (primary N) is 1. The van der Waals surface area contributed by atoms with Crippen molar-refractivity contribution in [3.05, 3.63) is 20.3 Å². The molecule has 0 fully saturated rings. The zero-order chi connectivity index (χ0) is 9.30. The van der Waals surface area contributed by atoms with E-state index in [1.54, 1.807) is 6.92 Å². The molecule has 0 atom stereocenters. The first-order valence-corrected chi connectivity index (χ1v) is 4.21. The van der Waals surface area contributed by atoms with Crippen molar-refractivity contribution in [1.29, 1.82) is 0 Å². The maximum absolute atomic E-state index is 11.0. The van der Waals surface area contributed by atoms with Crippen molar-refractivity contribution in [3.63, 3.8) is 0 Å². The first-order chi connectivity index (χ1) is 5.59. The molecule has 4 heteroatoms. The van der Waals surface area contributed by atoms with Crippen LogP contribution >= 0.6 is 12.2 Å². The molecule has 0 aliphatic carbocycles. The van der Waals surface area contributed by atoms with E-state index in [9.17, 15) is 4.79 Å². The molecule has 66 valence electrons. The van der Waals surface area contributed by atoms with Gasteiger partial charge in [0.05, 0.1) is 5.69 Å². The fourth-order valence-corrected chi connectivity index (χ4v) is 1.72. The zero-order valence-corrected chi connectivity index (χ0v) is 8.07. The molecule has 0 unspecified atom stereocenters. The molecule has 1 aromatic carbocycles. The molecule has 0 aliphatic rings. The van der Waals surface area contributed by atoms with E-state index in [0.717, 1.165) is 17.8 Å². The molecule has 3 nitrogen and oxygen atoms in total. The highest BCUT2D eigenvalue weighted by atomic mass is 32.1. The summed E-state index contributed by atoms with van der Waals surface area (Å²) in [5.74, 6) is 0. The molecule has 0 saturated heterocycles. The van der Waals surface area contributed by atoms with Crippen LogP contribution in [-0.4, -0.2) is 20.1 Å². The Kier molecular flexibility index (Phi) is 2.59. The van der Waals surface area contributed by atoms with E-state index < -0.39 is 0 Å². The van der Waals surface area contributed by atoms with Gasteiger partial charge >= 0.3 is 0 Å². The van der Waals surface area contributed by atoms with Gasteiger partial charge in [0.1, 0.15) is 4.51 Å². The SMILES string of the molecule is Cc1c(N(C)CCN)c(=S)c1=O. The Hall–Kier alpha value is -0.740. The summed E-state index contributed by atoms with van der Waals surface area (Å²) in [7, 11) is 1.89. The van der Waals surface area contributed by atoms with E-state index in [-0.39, 0.29) is 5.43 Å². The summed E-state index contributed by atoms with van der Waals surface area (Å²) in [6.45, 7) is 3.10. The maximum atomic E-state index is 11.0. The summed E-state index contributed by atoms with van der Waals surface area (Å²) in [6.07, 6.45) is 0. The zero-order valence-electron chi connectivity index (χ0n) is 7.26. The van der Waals surface area contributed by atoms with E-state index >= 15 is 0 Å². The third kappa shape index (κ3) is 1.28. The fraction of sp³-hybridized carbons (Fsp3) is 0.500. The fourth-order valence-electron chi connectivity index (χ4n) is 1.26. The molecule has 2 N–H and O–H groups in total. The monoisotopic (exact) mass is 184 g/mol. The lowest BCUT2D eigenvalue weighted by atomic mass is 10.1. The molecule has 0 amide bonds. The molecule has 1 aromatic rings. The van der Waals surface area contributed by atoms with Crippen molar-refractivity contribution in [2.45, 2.75) is 6.92 Å². The second-order valence-corrected chi connectivity index (χ2v) is 3.25. The minimum atomic E-state index is 0.00358. The second-order valence-electron chi connectivity index (χ2n) is 2.84. The van der Waals surface area contributed by atoms with Crippen LogP contribution in [-0.2, 0) is 0 Å². The van der Waals surface area contributed by atoms with Gasteiger partial charge in [-0.3, -0.25) is 4.79 Å². The third-order valence-corrected chi connectivity index (χ3v) is 2.34. The summed E-state index contributed by atoms with van der Waals surface area (Å²) in [6, 6.07) is 0. The van der Waals surface area contributed by atoms with Gasteiger partial charge in [0.2, 0.25) is 5.43 Å². The Bertz CT molecular complexity index is 352. The van der Waals surface area contributed by atoms with E-state index in [1.165, 1.54) is 0 Å². The average molecular weight is 184 g/mol. The quantitative estimate of drug-likeness (QED) is 0.689. The first kappa shape index (κ1) is 9.35. The van der Waals surface area contributed by atoms with E-state index in [1.807, 2.05) is 11.9 Å². The molecular weight excluding hydrogens is 172 g/mol. The van der Waals surface area contributed by atoms with Gasteiger partial charge in [-0.15, -0.1) is 0 Å². The van der Waals surface area contributed by atoms with E-state index in [0.29, 0.717) is 11.1 Å². The van der Waals surface area contributed by atoms with Crippen LogP contribution in [0.4, 0.5) is 5.69 Å². The van der Waals surface area contributed by atoms with Crippen LogP contribution < -0.4 is 16.1 Å². The summed E-state index contributed by atoms with van der Waals surface area (Å²) in [5, 5.41) is 0. The van der Waals surface area contributed by atoms with Gasteiger partial charge in [-0.25, -0.2) is 0 Å². The largest absolute Gasteiger partial charge is 0.372 e. The van der Waals surface area contributed by atoms with Crippen LogP contribution in [0.25, 0.3) is 0 Å². The average Bonchev–Trinajstić information content (AvgIpc) is 2.05. The molecule has 0 bridgehead atoms. The summed E-state index contributed by atoms with van der Waals surface area (Å²) in [4.78, 5) is 13.0. The van der Waals surface area contributed by atoms with Crippen LogP contribution in [0, 0.1) is 11.4 Å². The van der Waals surface area contributed by atoms with Crippen LogP contribution in [0.3, 0.4) is 0 Å². The predicted molar refractivity (Wildman–Crippen MR) is 53.0 cm³/mol. The standard InChI is InChI=1S/C8H12N2OS/c1-5-6(8(12)7(5)11)10(2)4-3-9/h3-4,9H2,1-2H3.